The Balaban J connectivity index is 2.04. The predicted molar refractivity (Wildman–Crippen MR) is 87.3 cm³/mol. The number of nitrogens with zero attached hydrogens (tertiary/aromatic N) is 1. The van der Waals surface area contributed by atoms with Gasteiger partial charge >= 0.3 is 0 Å². The molecule has 2 aromatic rings. The maximum atomic E-state index is 5.36. The van der Waals surface area contributed by atoms with Gasteiger partial charge in [-0.15, -0.1) is 0 Å². The zero-order valence-electron chi connectivity index (χ0n) is 12.9. The molecular weight excluding hydrogens is 260 g/mol. The number of hydrogen-bond acceptors (Lipinski definition) is 3. The molecule has 0 saturated carbocycles. The first-order valence-electron chi connectivity index (χ1n) is 7.36. The van der Waals surface area contributed by atoms with E-state index in [2.05, 4.69) is 60.7 Å². The second-order valence-corrected chi connectivity index (χ2v) is 5.69. The molecule has 0 bridgehead atoms. The molecule has 0 aromatic heterocycles. The minimum atomic E-state index is 0.240. The number of ether oxygens (including phenoxy) is 1. The Hall–Kier alpha value is -2.00. The maximum absolute atomic E-state index is 5.36. The summed E-state index contributed by atoms with van der Waals surface area (Å²) < 4.78 is 5.36. The number of benzene rings is 2. The number of fused-ring (bicyclic) bond motifs is 1. The minimum absolute atomic E-state index is 0.240. The standard InChI is InChI=1S/C18H22N2O/c1-20(2)15-8-7-13-9-10-19-18(17(13)12-15)14-5-4-6-16(11-14)21-3/h4-8,11-12,18-19H,9-10H2,1-3H3. The van der Waals surface area contributed by atoms with E-state index in [1.54, 1.807) is 7.11 Å². The van der Waals surface area contributed by atoms with Gasteiger partial charge in [0.15, 0.2) is 0 Å². The van der Waals surface area contributed by atoms with E-state index >= 15 is 0 Å². The van der Waals surface area contributed by atoms with Crippen molar-refractivity contribution in [2.75, 3.05) is 32.6 Å². The number of rotatable bonds is 3. The van der Waals surface area contributed by atoms with Crippen molar-refractivity contribution in [1.82, 2.24) is 5.32 Å². The lowest BCUT2D eigenvalue weighted by Crippen LogP contribution is -2.30. The number of anilines is 1. The molecule has 1 atom stereocenters. The quantitative estimate of drug-likeness (QED) is 0.936. The van der Waals surface area contributed by atoms with E-state index in [1.807, 2.05) is 6.07 Å². The van der Waals surface area contributed by atoms with Crippen molar-refractivity contribution in [2.45, 2.75) is 12.5 Å². The highest BCUT2D eigenvalue weighted by Gasteiger charge is 2.22. The molecule has 1 unspecified atom stereocenters. The van der Waals surface area contributed by atoms with E-state index in [1.165, 1.54) is 22.4 Å². The monoisotopic (exact) mass is 282 g/mol. The van der Waals surface area contributed by atoms with Gasteiger partial charge in [0.05, 0.1) is 13.2 Å². The third kappa shape index (κ3) is 2.74. The lowest BCUT2D eigenvalue weighted by atomic mass is 9.89. The first-order valence-corrected chi connectivity index (χ1v) is 7.36. The third-order valence-electron chi connectivity index (χ3n) is 4.13. The smallest absolute Gasteiger partial charge is 0.119 e. The Morgan fingerprint density at radius 3 is 2.76 bits per heavy atom. The van der Waals surface area contributed by atoms with Crippen molar-refractivity contribution in [3.8, 4) is 5.75 Å². The summed E-state index contributed by atoms with van der Waals surface area (Å²) in [6.45, 7) is 1.01. The molecule has 0 radical (unpaired) electrons. The average Bonchev–Trinajstić information content (AvgIpc) is 2.53. The SMILES string of the molecule is COc1cccc(C2NCCc3ccc(N(C)C)cc32)c1. The third-order valence-corrected chi connectivity index (χ3v) is 4.13. The summed E-state index contributed by atoms with van der Waals surface area (Å²) in [5, 5.41) is 3.63. The summed E-state index contributed by atoms with van der Waals surface area (Å²) in [7, 11) is 5.88. The van der Waals surface area contributed by atoms with Crippen LogP contribution in [0.4, 0.5) is 5.69 Å². The fraction of sp³-hybridized carbons (Fsp3) is 0.333. The zero-order chi connectivity index (χ0) is 14.8. The van der Waals surface area contributed by atoms with Gasteiger partial charge in [0.25, 0.3) is 0 Å². The molecule has 0 amide bonds. The summed E-state index contributed by atoms with van der Waals surface area (Å²) in [5.74, 6) is 0.908. The first-order chi connectivity index (χ1) is 10.2. The van der Waals surface area contributed by atoms with Gasteiger partial charge in [-0.25, -0.2) is 0 Å². The summed E-state index contributed by atoms with van der Waals surface area (Å²) >= 11 is 0. The van der Waals surface area contributed by atoms with Gasteiger partial charge in [-0.2, -0.15) is 0 Å². The molecule has 21 heavy (non-hydrogen) atoms. The van der Waals surface area contributed by atoms with Gasteiger partial charge in [-0.3, -0.25) is 0 Å². The molecule has 1 aliphatic rings. The van der Waals surface area contributed by atoms with Crippen LogP contribution in [0.2, 0.25) is 0 Å². The van der Waals surface area contributed by atoms with Crippen molar-refractivity contribution in [3.63, 3.8) is 0 Å². The molecular formula is C18H22N2O. The molecule has 1 heterocycles. The minimum Gasteiger partial charge on any atom is -0.497 e. The van der Waals surface area contributed by atoms with Crippen LogP contribution in [-0.4, -0.2) is 27.7 Å². The van der Waals surface area contributed by atoms with E-state index in [-0.39, 0.29) is 6.04 Å². The maximum Gasteiger partial charge on any atom is 0.119 e. The average molecular weight is 282 g/mol. The Morgan fingerprint density at radius 1 is 1.14 bits per heavy atom. The van der Waals surface area contributed by atoms with Crippen LogP contribution >= 0.6 is 0 Å². The van der Waals surface area contributed by atoms with Gasteiger partial charge in [-0.1, -0.05) is 18.2 Å². The summed E-state index contributed by atoms with van der Waals surface area (Å²) in [5.41, 5.74) is 5.31. The second-order valence-electron chi connectivity index (χ2n) is 5.69. The fourth-order valence-electron chi connectivity index (χ4n) is 2.94. The molecule has 3 heteroatoms. The van der Waals surface area contributed by atoms with Gasteiger partial charge in [0.2, 0.25) is 0 Å². The normalized spacial score (nSPS) is 17.2. The molecule has 1 N–H and O–H groups in total. The van der Waals surface area contributed by atoms with E-state index in [0.717, 1.165) is 18.7 Å². The molecule has 0 spiro atoms. The van der Waals surface area contributed by atoms with Gasteiger partial charge < -0.3 is 15.0 Å². The van der Waals surface area contributed by atoms with Crippen LogP contribution in [0.25, 0.3) is 0 Å². The van der Waals surface area contributed by atoms with Crippen LogP contribution in [0.3, 0.4) is 0 Å². The summed E-state index contributed by atoms with van der Waals surface area (Å²) in [6, 6.07) is 15.3. The van der Waals surface area contributed by atoms with Crippen molar-refractivity contribution in [3.05, 3.63) is 59.2 Å². The molecule has 1 aliphatic heterocycles. The highest BCUT2D eigenvalue weighted by Crippen LogP contribution is 2.32. The predicted octanol–water partition coefficient (Wildman–Crippen LogP) is 3.00. The first kappa shape index (κ1) is 14.0. The number of methoxy groups -OCH3 is 1. The van der Waals surface area contributed by atoms with E-state index in [4.69, 9.17) is 4.74 Å². The Kier molecular flexibility index (Phi) is 3.84. The summed E-state index contributed by atoms with van der Waals surface area (Å²) in [4.78, 5) is 2.15. The van der Waals surface area contributed by atoms with Crippen LogP contribution < -0.4 is 15.0 Å². The molecule has 110 valence electrons. The van der Waals surface area contributed by atoms with Gasteiger partial charge in [0, 0.05) is 26.3 Å². The molecule has 3 rings (SSSR count). The lowest BCUT2D eigenvalue weighted by Gasteiger charge is -2.29. The molecule has 3 nitrogen and oxygen atoms in total. The van der Waals surface area contributed by atoms with Crippen LogP contribution in [0.15, 0.2) is 42.5 Å². The van der Waals surface area contributed by atoms with Crippen molar-refractivity contribution >= 4 is 5.69 Å². The number of hydrogen-bond donors (Lipinski definition) is 1. The fourth-order valence-corrected chi connectivity index (χ4v) is 2.94. The zero-order valence-corrected chi connectivity index (χ0v) is 12.9. The molecule has 0 saturated heterocycles. The van der Waals surface area contributed by atoms with Gasteiger partial charge in [-0.05, 0) is 47.4 Å². The van der Waals surface area contributed by atoms with Crippen molar-refractivity contribution in [1.29, 1.82) is 0 Å². The van der Waals surface area contributed by atoms with Crippen LogP contribution in [0, 0.1) is 0 Å². The molecule has 0 aliphatic carbocycles. The second kappa shape index (κ2) is 5.78. The molecule has 2 aromatic carbocycles. The summed E-state index contributed by atoms with van der Waals surface area (Å²) in [6.07, 6.45) is 1.09. The Morgan fingerprint density at radius 2 is 2.00 bits per heavy atom. The van der Waals surface area contributed by atoms with E-state index in [0.29, 0.717) is 0 Å². The molecule has 0 fully saturated rings. The van der Waals surface area contributed by atoms with Crippen LogP contribution in [0.1, 0.15) is 22.7 Å². The Labute approximate surface area is 126 Å². The lowest BCUT2D eigenvalue weighted by molar-refractivity contribution is 0.413. The topological polar surface area (TPSA) is 24.5 Å². The van der Waals surface area contributed by atoms with Crippen molar-refractivity contribution < 1.29 is 4.74 Å². The van der Waals surface area contributed by atoms with Crippen LogP contribution in [-0.2, 0) is 6.42 Å². The Bertz CT molecular complexity index is 637. The highest BCUT2D eigenvalue weighted by molar-refractivity contribution is 5.53. The number of nitrogens with one attached hydrogen (secondary N) is 1. The highest BCUT2D eigenvalue weighted by atomic mass is 16.5. The van der Waals surface area contributed by atoms with E-state index < -0.39 is 0 Å². The largest absolute Gasteiger partial charge is 0.497 e. The van der Waals surface area contributed by atoms with Crippen LogP contribution in [0.5, 0.6) is 5.75 Å². The van der Waals surface area contributed by atoms with Gasteiger partial charge in [0.1, 0.15) is 5.75 Å². The van der Waals surface area contributed by atoms with E-state index in [9.17, 15) is 0 Å². The van der Waals surface area contributed by atoms with Crippen molar-refractivity contribution in [2.24, 2.45) is 0 Å².